The van der Waals surface area contributed by atoms with Crippen LogP contribution in [0.15, 0.2) is 41.9 Å². The smallest absolute Gasteiger partial charge is 0.341 e. The third-order valence-corrected chi connectivity index (χ3v) is 5.46. The molecule has 1 saturated heterocycles. The van der Waals surface area contributed by atoms with Gasteiger partial charge in [-0.25, -0.2) is 9.78 Å². The number of imidazole rings is 1. The van der Waals surface area contributed by atoms with Gasteiger partial charge in [-0.1, -0.05) is 13.0 Å². The molecule has 2 unspecified atom stereocenters. The molecule has 164 valence electrons. The number of likely N-dealkylation sites (tertiary alicyclic amines) is 1. The maximum Gasteiger partial charge on any atom is 0.341 e. The summed E-state index contributed by atoms with van der Waals surface area (Å²) in [5, 5.41) is 3.42. The SMILES string of the molecule is CN=C(NCc1ccc(OC)c(C(=O)OC)c1)N1CCC(C)C(n2ccnc2)C1.I. The van der Waals surface area contributed by atoms with Gasteiger partial charge in [-0.2, -0.15) is 0 Å². The van der Waals surface area contributed by atoms with Crippen LogP contribution in [0.4, 0.5) is 0 Å². The summed E-state index contributed by atoms with van der Waals surface area (Å²) in [5.41, 5.74) is 1.36. The Bertz CT molecular complexity index is 856. The number of ether oxygens (including phenoxy) is 2. The van der Waals surface area contributed by atoms with Gasteiger partial charge in [0.25, 0.3) is 0 Å². The average Bonchev–Trinajstić information content (AvgIpc) is 3.29. The number of aliphatic imine (C=N–C) groups is 1. The molecule has 2 atom stereocenters. The van der Waals surface area contributed by atoms with Crippen molar-refractivity contribution in [3.63, 3.8) is 0 Å². The number of nitrogens with one attached hydrogen (secondary N) is 1. The Morgan fingerprint density at radius 1 is 1.37 bits per heavy atom. The highest BCUT2D eigenvalue weighted by Gasteiger charge is 2.28. The van der Waals surface area contributed by atoms with Gasteiger partial charge in [0.2, 0.25) is 0 Å². The number of methoxy groups -OCH3 is 2. The van der Waals surface area contributed by atoms with Crippen LogP contribution < -0.4 is 10.1 Å². The van der Waals surface area contributed by atoms with E-state index in [2.05, 4.69) is 31.7 Å². The molecule has 0 aliphatic carbocycles. The molecule has 30 heavy (non-hydrogen) atoms. The van der Waals surface area contributed by atoms with E-state index in [1.807, 2.05) is 24.8 Å². The van der Waals surface area contributed by atoms with Crippen molar-refractivity contribution in [1.29, 1.82) is 0 Å². The van der Waals surface area contributed by atoms with Gasteiger partial charge in [-0.05, 0) is 30.0 Å². The first-order valence-electron chi connectivity index (χ1n) is 9.75. The maximum atomic E-state index is 12.0. The molecule has 1 aliphatic heterocycles. The molecule has 1 N–H and O–H groups in total. The van der Waals surface area contributed by atoms with E-state index in [1.165, 1.54) is 14.2 Å². The quantitative estimate of drug-likeness (QED) is 0.279. The predicted molar refractivity (Wildman–Crippen MR) is 127 cm³/mol. The normalized spacial score (nSPS) is 19.1. The fourth-order valence-electron chi connectivity index (χ4n) is 3.74. The molecular formula is C21H30IN5O3. The maximum absolute atomic E-state index is 12.0. The van der Waals surface area contributed by atoms with Gasteiger partial charge in [-0.3, -0.25) is 4.99 Å². The molecule has 2 aromatic rings. The van der Waals surface area contributed by atoms with Crippen LogP contribution in [-0.2, 0) is 11.3 Å². The van der Waals surface area contributed by atoms with Gasteiger partial charge in [-0.15, -0.1) is 24.0 Å². The molecule has 1 fully saturated rings. The first kappa shape index (κ1) is 24.0. The lowest BCUT2D eigenvalue weighted by molar-refractivity contribution is 0.0597. The van der Waals surface area contributed by atoms with Crippen molar-refractivity contribution in [2.75, 3.05) is 34.4 Å². The number of carbonyl (C=O) groups is 1. The lowest BCUT2D eigenvalue weighted by Gasteiger charge is -2.39. The number of halogens is 1. The highest BCUT2D eigenvalue weighted by Crippen LogP contribution is 2.27. The number of guanidine groups is 1. The summed E-state index contributed by atoms with van der Waals surface area (Å²) in [6.07, 6.45) is 6.80. The number of nitrogens with zero attached hydrogens (tertiary/aromatic N) is 4. The molecule has 3 rings (SSSR count). The van der Waals surface area contributed by atoms with E-state index in [4.69, 9.17) is 9.47 Å². The summed E-state index contributed by atoms with van der Waals surface area (Å²) in [7, 11) is 4.69. The molecule has 0 bridgehead atoms. The second-order valence-electron chi connectivity index (χ2n) is 7.22. The Morgan fingerprint density at radius 3 is 2.80 bits per heavy atom. The van der Waals surface area contributed by atoms with E-state index < -0.39 is 5.97 Å². The van der Waals surface area contributed by atoms with Crippen molar-refractivity contribution in [2.24, 2.45) is 10.9 Å². The fraction of sp³-hybridized carbons (Fsp3) is 0.476. The number of esters is 1. The molecule has 1 aliphatic rings. The number of hydrogen-bond acceptors (Lipinski definition) is 5. The van der Waals surface area contributed by atoms with Crippen LogP contribution >= 0.6 is 24.0 Å². The molecule has 1 aromatic carbocycles. The Labute approximate surface area is 194 Å². The van der Waals surface area contributed by atoms with Crippen LogP contribution in [0.1, 0.15) is 35.3 Å². The molecule has 1 aromatic heterocycles. The lowest BCUT2D eigenvalue weighted by atomic mass is 9.93. The lowest BCUT2D eigenvalue weighted by Crippen LogP contribution is -2.48. The molecule has 8 nitrogen and oxygen atoms in total. The summed E-state index contributed by atoms with van der Waals surface area (Å²) in [6.45, 7) is 4.64. The number of rotatable bonds is 5. The predicted octanol–water partition coefficient (Wildman–Crippen LogP) is 2.95. The number of carbonyl (C=O) groups excluding carboxylic acids is 1. The van der Waals surface area contributed by atoms with Gasteiger partial charge >= 0.3 is 5.97 Å². The summed E-state index contributed by atoms with van der Waals surface area (Å²) in [6, 6.07) is 5.86. The van der Waals surface area contributed by atoms with E-state index in [9.17, 15) is 4.79 Å². The van der Waals surface area contributed by atoms with E-state index in [-0.39, 0.29) is 24.0 Å². The van der Waals surface area contributed by atoms with Crippen LogP contribution in [0.25, 0.3) is 0 Å². The fourth-order valence-corrected chi connectivity index (χ4v) is 3.74. The summed E-state index contributed by atoms with van der Waals surface area (Å²) < 4.78 is 12.3. The highest BCUT2D eigenvalue weighted by atomic mass is 127. The van der Waals surface area contributed by atoms with Crippen molar-refractivity contribution < 1.29 is 14.3 Å². The summed E-state index contributed by atoms with van der Waals surface area (Å²) >= 11 is 0. The van der Waals surface area contributed by atoms with Crippen molar-refractivity contribution in [3.05, 3.63) is 48.0 Å². The van der Waals surface area contributed by atoms with Crippen molar-refractivity contribution in [2.45, 2.75) is 25.9 Å². The van der Waals surface area contributed by atoms with Crippen LogP contribution in [-0.4, -0.2) is 60.7 Å². The molecule has 0 amide bonds. The first-order valence-corrected chi connectivity index (χ1v) is 9.75. The zero-order valence-corrected chi connectivity index (χ0v) is 20.2. The monoisotopic (exact) mass is 527 g/mol. The van der Waals surface area contributed by atoms with Gasteiger partial charge in [0.05, 0.1) is 26.6 Å². The molecule has 0 spiro atoms. The Morgan fingerprint density at radius 2 is 2.17 bits per heavy atom. The van der Waals surface area contributed by atoms with Crippen molar-refractivity contribution in [3.8, 4) is 5.75 Å². The zero-order chi connectivity index (χ0) is 20.8. The number of hydrogen-bond donors (Lipinski definition) is 1. The molecule has 0 radical (unpaired) electrons. The van der Waals surface area contributed by atoms with Gasteiger partial charge in [0.15, 0.2) is 5.96 Å². The minimum absolute atomic E-state index is 0. The topological polar surface area (TPSA) is 81.0 Å². The second-order valence-corrected chi connectivity index (χ2v) is 7.22. The van der Waals surface area contributed by atoms with E-state index >= 15 is 0 Å². The van der Waals surface area contributed by atoms with Crippen molar-refractivity contribution >= 4 is 35.9 Å². The summed E-state index contributed by atoms with van der Waals surface area (Å²) in [4.78, 5) is 22.9. The Kier molecular flexibility index (Phi) is 8.94. The first-order chi connectivity index (χ1) is 14.1. The van der Waals surface area contributed by atoms with E-state index in [0.29, 0.717) is 29.8 Å². The third kappa shape index (κ3) is 5.44. The number of benzene rings is 1. The second kappa shape index (κ2) is 11.2. The van der Waals surface area contributed by atoms with Gasteiger partial charge in [0.1, 0.15) is 11.3 Å². The average molecular weight is 527 g/mol. The molecular weight excluding hydrogens is 497 g/mol. The highest BCUT2D eigenvalue weighted by molar-refractivity contribution is 14.0. The minimum Gasteiger partial charge on any atom is -0.496 e. The molecule has 9 heteroatoms. The third-order valence-electron chi connectivity index (χ3n) is 5.46. The number of piperidine rings is 1. The van der Waals surface area contributed by atoms with Crippen LogP contribution in [0.5, 0.6) is 5.75 Å². The van der Waals surface area contributed by atoms with Crippen LogP contribution in [0.3, 0.4) is 0 Å². The standard InChI is InChI=1S/C21H29N5O3.HI/c1-15-7-9-25(13-18(15)26-10-8-23-14-26)21(22-2)24-12-16-5-6-19(28-3)17(11-16)20(27)29-4;/h5-6,8,10-11,14-15,18H,7,9,12-13H2,1-4H3,(H,22,24);1H. The summed E-state index contributed by atoms with van der Waals surface area (Å²) in [5.74, 6) is 1.50. The van der Waals surface area contributed by atoms with Gasteiger partial charge < -0.3 is 24.3 Å². The Hall–Kier alpha value is -2.30. The zero-order valence-electron chi connectivity index (χ0n) is 17.9. The largest absolute Gasteiger partial charge is 0.496 e. The van der Waals surface area contributed by atoms with Crippen LogP contribution in [0.2, 0.25) is 0 Å². The van der Waals surface area contributed by atoms with E-state index in [1.54, 1.807) is 19.2 Å². The minimum atomic E-state index is -0.415. The molecule has 0 saturated carbocycles. The Balaban J connectivity index is 0.00000320. The molecule has 2 heterocycles. The van der Waals surface area contributed by atoms with Gasteiger partial charge in [0, 0.05) is 39.1 Å². The van der Waals surface area contributed by atoms with Crippen LogP contribution in [0, 0.1) is 5.92 Å². The van der Waals surface area contributed by atoms with Crippen molar-refractivity contribution in [1.82, 2.24) is 19.8 Å². The van der Waals surface area contributed by atoms with E-state index in [0.717, 1.165) is 31.0 Å². The number of aromatic nitrogens is 2.